The third kappa shape index (κ3) is 3.78. The molecule has 7 nitrogen and oxygen atoms in total. The van der Waals surface area contributed by atoms with E-state index in [-0.39, 0.29) is 18.3 Å². The van der Waals surface area contributed by atoms with Crippen LogP contribution in [0.5, 0.6) is 5.75 Å². The summed E-state index contributed by atoms with van der Waals surface area (Å²) in [4.78, 5) is 17.2. The average Bonchev–Trinajstić information content (AvgIpc) is 3.47. The smallest absolute Gasteiger partial charge is 0.265 e. The van der Waals surface area contributed by atoms with Crippen molar-refractivity contribution >= 4 is 24.0 Å². The zero-order chi connectivity index (χ0) is 19.8. The molecule has 156 valence electrons. The standard InChI is InChI=1S/C22H22N4O3.ClH/c23-22(10-3-4-11-22)21-25-20(29-26-21)15-7-5-8-16(12-15)24-19(27)18-13-14-6-1-2-9-17(14)28-18;/h1-2,5-9,12,18H,3-4,10-11,13,23H2,(H,24,27);1H. The monoisotopic (exact) mass is 426 g/mol. The molecule has 2 aromatic carbocycles. The predicted molar refractivity (Wildman–Crippen MR) is 115 cm³/mol. The number of fused-ring (bicyclic) bond motifs is 1. The molecule has 0 radical (unpaired) electrons. The molecule has 1 atom stereocenters. The summed E-state index contributed by atoms with van der Waals surface area (Å²) in [6, 6.07) is 15.0. The van der Waals surface area contributed by atoms with Crippen molar-refractivity contribution in [2.45, 2.75) is 43.7 Å². The van der Waals surface area contributed by atoms with Gasteiger partial charge < -0.3 is 20.3 Å². The fourth-order valence-corrected chi connectivity index (χ4v) is 4.05. The molecule has 2 aliphatic rings. The number of carbonyl (C=O) groups is 1. The number of nitrogens with zero attached hydrogens (tertiary/aromatic N) is 2. The van der Waals surface area contributed by atoms with Crippen LogP contribution in [0.25, 0.3) is 11.5 Å². The van der Waals surface area contributed by atoms with Gasteiger partial charge in [0.05, 0.1) is 5.54 Å². The van der Waals surface area contributed by atoms with Crippen molar-refractivity contribution < 1.29 is 14.1 Å². The minimum absolute atomic E-state index is 0. The number of rotatable bonds is 4. The highest BCUT2D eigenvalue weighted by molar-refractivity contribution is 5.95. The molecule has 1 amide bonds. The number of aromatic nitrogens is 2. The Labute approximate surface area is 180 Å². The molecular weight excluding hydrogens is 404 g/mol. The van der Waals surface area contributed by atoms with E-state index in [0.717, 1.165) is 42.6 Å². The second-order valence-electron chi connectivity index (χ2n) is 7.77. The highest BCUT2D eigenvalue weighted by Crippen LogP contribution is 2.35. The van der Waals surface area contributed by atoms with Crippen LogP contribution < -0.4 is 15.8 Å². The number of carbonyl (C=O) groups excluding carboxylic acids is 1. The summed E-state index contributed by atoms with van der Waals surface area (Å²) in [7, 11) is 0. The van der Waals surface area contributed by atoms with Crippen molar-refractivity contribution in [3.05, 3.63) is 59.9 Å². The molecule has 3 N–H and O–H groups in total. The summed E-state index contributed by atoms with van der Waals surface area (Å²) in [5.41, 5.74) is 8.35. The van der Waals surface area contributed by atoms with Gasteiger partial charge in [-0.1, -0.05) is 42.3 Å². The maximum Gasteiger partial charge on any atom is 0.265 e. The van der Waals surface area contributed by atoms with Crippen molar-refractivity contribution in [1.29, 1.82) is 0 Å². The Kier molecular flexibility index (Phi) is 5.49. The van der Waals surface area contributed by atoms with Gasteiger partial charge in [-0.05, 0) is 42.7 Å². The predicted octanol–water partition coefficient (Wildman–Crippen LogP) is 3.83. The molecule has 0 spiro atoms. The van der Waals surface area contributed by atoms with Crippen LogP contribution in [-0.4, -0.2) is 22.2 Å². The lowest BCUT2D eigenvalue weighted by Crippen LogP contribution is -2.34. The van der Waals surface area contributed by atoms with Gasteiger partial charge in [-0.3, -0.25) is 4.79 Å². The van der Waals surface area contributed by atoms with Crippen molar-refractivity contribution in [1.82, 2.24) is 10.1 Å². The number of hydrogen-bond acceptors (Lipinski definition) is 6. The number of ether oxygens (including phenoxy) is 1. The lowest BCUT2D eigenvalue weighted by molar-refractivity contribution is -0.122. The van der Waals surface area contributed by atoms with Crippen LogP contribution in [0, 0.1) is 0 Å². The van der Waals surface area contributed by atoms with Crippen LogP contribution in [-0.2, 0) is 16.8 Å². The van der Waals surface area contributed by atoms with E-state index in [4.69, 9.17) is 15.0 Å². The first-order chi connectivity index (χ1) is 14.1. The number of benzene rings is 2. The van der Waals surface area contributed by atoms with Gasteiger partial charge in [0.25, 0.3) is 11.8 Å². The Balaban J connectivity index is 0.00000218. The summed E-state index contributed by atoms with van der Waals surface area (Å²) < 4.78 is 11.2. The van der Waals surface area contributed by atoms with Crippen molar-refractivity contribution in [2.75, 3.05) is 5.32 Å². The molecule has 1 aliphatic heterocycles. The van der Waals surface area contributed by atoms with E-state index >= 15 is 0 Å². The zero-order valence-corrected chi connectivity index (χ0v) is 17.2. The Morgan fingerprint density at radius 3 is 2.73 bits per heavy atom. The van der Waals surface area contributed by atoms with Crippen LogP contribution in [0.2, 0.25) is 0 Å². The number of nitrogens with two attached hydrogens (primary N) is 1. The summed E-state index contributed by atoms with van der Waals surface area (Å²) in [6.45, 7) is 0. The van der Waals surface area contributed by atoms with Gasteiger partial charge in [0.2, 0.25) is 0 Å². The van der Waals surface area contributed by atoms with Crippen LogP contribution in [0.15, 0.2) is 53.1 Å². The Morgan fingerprint density at radius 1 is 1.13 bits per heavy atom. The highest BCUT2D eigenvalue weighted by Gasteiger charge is 2.36. The van der Waals surface area contributed by atoms with E-state index in [1.54, 1.807) is 0 Å². The van der Waals surface area contributed by atoms with Crippen molar-refractivity contribution in [3.8, 4) is 17.2 Å². The molecule has 1 fully saturated rings. The lowest BCUT2D eigenvalue weighted by Gasteiger charge is -2.17. The Hall–Kier alpha value is -2.90. The number of amides is 1. The van der Waals surface area contributed by atoms with E-state index in [1.807, 2.05) is 48.5 Å². The van der Waals surface area contributed by atoms with Gasteiger partial charge >= 0.3 is 0 Å². The molecule has 30 heavy (non-hydrogen) atoms. The van der Waals surface area contributed by atoms with Gasteiger partial charge in [0, 0.05) is 17.7 Å². The molecule has 8 heteroatoms. The largest absolute Gasteiger partial charge is 0.480 e. The first kappa shape index (κ1) is 20.4. The summed E-state index contributed by atoms with van der Waals surface area (Å²) in [5, 5.41) is 7.02. The van der Waals surface area contributed by atoms with E-state index in [1.165, 1.54) is 0 Å². The van der Waals surface area contributed by atoms with E-state index in [9.17, 15) is 4.79 Å². The number of halogens is 1. The van der Waals surface area contributed by atoms with Crippen LogP contribution in [0.3, 0.4) is 0 Å². The van der Waals surface area contributed by atoms with E-state index in [2.05, 4.69) is 15.5 Å². The summed E-state index contributed by atoms with van der Waals surface area (Å²) in [6.07, 6.45) is 3.92. The van der Waals surface area contributed by atoms with Crippen LogP contribution in [0.4, 0.5) is 5.69 Å². The minimum Gasteiger partial charge on any atom is -0.480 e. The minimum atomic E-state index is -0.537. The topological polar surface area (TPSA) is 103 Å². The second kappa shape index (κ2) is 8.08. The highest BCUT2D eigenvalue weighted by atomic mass is 35.5. The summed E-state index contributed by atoms with van der Waals surface area (Å²) in [5.74, 6) is 1.53. The maximum atomic E-state index is 12.6. The third-order valence-electron chi connectivity index (χ3n) is 5.68. The van der Waals surface area contributed by atoms with E-state index < -0.39 is 11.6 Å². The van der Waals surface area contributed by atoms with Gasteiger partial charge in [-0.15, -0.1) is 12.4 Å². The first-order valence-electron chi connectivity index (χ1n) is 9.90. The van der Waals surface area contributed by atoms with Gasteiger partial charge in [0.1, 0.15) is 5.75 Å². The third-order valence-corrected chi connectivity index (χ3v) is 5.68. The number of hydrogen-bond donors (Lipinski definition) is 2. The molecule has 1 saturated carbocycles. The lowest BCUT2D eigenvalue weighted by atomic mass is 9.99. The van der Waals surface area contributed by atoms with Gasteiger partial charge in [-0.2, -0.15) is 4.98 Å². The van der Waals surface area contributed by atoms with Gasteiger partial charge in [0.15, 0.2) is 11.9 Å². The average molecular weight is 427 g/mol. The van der Waals surface area contributed by atoms with E-state index in [0.29, 0.717) is 23.8 Å². The number of para-hydroxylation sites is 1. The molecule has 5 rings (SSSR count). The Bertz CT molecular complexity index is 1040. The van der Waals surface area contributed by atoms with Gasteiger partial charge in [-0.25, -0.2) is 0 Å². The van der Waals surface area contributed by atoms with Crippen molar-refractivity contribution in [2.24, 2.45) is 5.73 Å². The molecule has 2 heterocycles. The SMILES string of the molecule is Cl.NC1(c2noc(-c3cccc(NC(=O)C4Cc5ccccc5O4)c3)n2)CCCC1. The molecular formula is C22H23ClN4O3. The first-order valence-corrected chi connectivity index (χ1v) is 9.90. The summed E-state index contributed by atoms with van der Waals surface area (Å²) >= 11 is 0. The molecule has 3 aromatic rings. The number of anilines is 1. The second-order valence-corrected chi connectivity index (χ2v) is 7.77. The molecule has 1 unspecified atom stereocenters. The molecule has 0 saturated heterocycles. The van der Waals surface area contributed by atoms with Crippen LogP contribution in [0.1, 0.15) is 37.1 Å². The fraction of sp³-hybridized carbons (Fsp3) is 0.318. The fourth-order valence-electron chi connectivity index (χ4n) is 4.05. The maximum absolute atomic E-state index is 12.6. The molecule has 1 aliphatic carbocycles. The molecule has 1 aromatic heterocycles. The normalized spacial score (nSPS) is 18.9. The van der Waals surface area contributed by atoms with Crippen LogP contribution >= 0.6 is 12.4 Å². The number of nitrogens with one attached hydrogen (secondary N) is 1. The molecule has 0 bridgehead atoms. The zero-order valence-electron chi connectivity index (χ0n) is 16.3. The Morgan fingerprint density at radius 2 is 1.93 bits per heavy atom. The van der Waals surface area contributed by atoms with Crippen molar-refractivity contribution in [3.63, 3.8) is 0 Å². The quantitative estimate of drug-likeness (QED) is 0.657.